The van der Waals surface area contributed by atoms with E-state index in [1.54, 1.807) is 11.4 Å². The van der Waals surface area contributed by atoms with Crippen molar-refractivity contribution >= 4 is 16.0 Å². The van der Waals surface area contributed by atoms with Crippen LogP contribution in [0.2, 0.25) is 0 Å². The van der Waals surface area contributed by atoms with Gasteiger partial charge in [-0.1, -0.05) is 0 Å². The monoisotopic (exact) mass is 403 g/mol. The molecule has 0 aromatic rings. The Morgan fingerprint density at radius 2 is 1.85 bits per heavy atom. The van der Waals surface area contributed by atoms with E-state index in [-0.39, 0.29) is 18.5 Å². The molecule has 0 radical (unpaired) electrons. The molecule has 0 amide bonds. The zero-order chi connectivity index (χ0) is 20.0. The molecule has 2 rings (SSSR count). The van der Waals surface area contributed by atoms with Crippen LogP contribution in [0.25, 0.3) is 0 Å². The molecule has 158 valence electrons. The van der Waals surface area contributed by atoms with Crippen molar-refractivity contribution in [3.05, 3.63) is 0 Å². The van der Waals surface area contributed by atoms with E-state index in [1.807, 2.05) is 13.8 Å². The first kappa shape index (κ1) is 22.4. The van der Waals surface area contributed by atoms with E-state index in [0.717, 1.165) is 18.5 Å². The Kier molecular flexibility index (Phi) is 8.33. The first-order valence-corrected chi connectivity index (χ1v) is 11.6. The second-order valence-corrected chi connectivity index (χ2v) is 9.88. The molecule has 1 aliphatic heterocycles. The van der Waals surface area contributed by atoms with Gasteiger partial charge in [-0.2, -0.15) is 4.31 Å². The molecule has 1 aliphatic carbocycles. The number of ether oxygens (including phenoxy) is 1. The Morgan fingerprint density at radius 3 is 2.37 bits per heavy atom. The molecule has 8 nitrogen and oxygen atoms in total. The normalized spacial score (nSPS) is 21.1. The molecule has 0 spiro atoms. The van der Waals surface area contributed by atoms with Crippen molar-refractivity contribution in [2.45, 2.75) is 51.8 Å². The average Bonchev–Trinajstić information content (AvgIpc) is 3.46. The first-order valence-electron chi connectivity index (χ1n) is 10.0. The Balaban J connectivity index is 1.77. The van der Waals surface area contributed by atoms with Gasteiger partial charge in [0.1, 0.15) is 0 Å². The van der Waals surface area contributed by atoms with Crippen LogP contribution in [-0.2, 0) is 14.8 Å². The van der Waals surface area contributed by atoms with Gasteiger partial charge < -0.3 is 15.0 Å². The van der Waals surface area contributed by atoms with Crippen molar-refractivity contribution in [3.63, 3.8) is 0 Å². The number of guanidine groups is 1. The molecule has 27 heavy (non-hydrogen) atoms. The van der Waals surface area contributed by atoms with E-state index >= 15 is 0 Å². The third-order valence-corrected chi connectivity index (χ3v) is 7.14. The average molecular weight is 404 g/mol. The molecule has 2 aliphatic rings. The first-order chi connectivity index (χ1) is 12.7. The Labute approximate surface area is 165 Å². The van der Waals surface area contributed by atoms with Crippen molar-refractivity contribution in [2.24, 2.45) is 4.99 Å². The van der Waals surface area contributed by atoms with Gasteiger partial charge in [0, 0.05) is 51.9 Å². The van der Waals surface area contributed by atoms with E-state index in [0.29, 0.717) is 32.2 Å². The highest BCUT2D eigenvalue weighted by atomic mass is 32.2. The fraction of sp³-hybridized carbons (Fsp3) is 0.944. The maximum absolute atomic E-state index is 12.4. The number of aliphatic imine (C=N–C) groups is 1. The summed E-state index contributed by atoms with van der Waals surface area (Å²) in [7, 11) is 0.702. The molecule has 2 fully saturated rings. The summed E-state index contributed by atoms with van der Waals surface area (Å²) >= 11 is 0. The summed E-state index contributed by atoms with van der Waals surface area (Å²) in [6.45, 7) is 9.40. The SMILES string of the molecule is CN=C(NCC(C)N(C)C1CC1)N1CCN(S(=O)(=O)CCOC(C)C)CC1. The lowest BCUT2D eigenvalue weighted by atomic mass is 10.3. The number of rotatable bonds is 9. The van der Waals surface area contributed by atoms with Crippen LogP contribution in [-0.4, -0.2) is 106 Å². The van der Waals surface area contributed by atoms with Gasteiger partial charge in [-0.3, -0.25) is 9.89 Å². The maximum atomic E-state index is 12.4. The number of piperazine rings is 1. The van der Waals surface area contributed by atoms with E-state index in [1.165, 1.54) is 12.8 Å². The largest absolute Gasteiger partial charge is 0.378 e. The zero-order valence-corrected chi connectivity index (χ0v) is 18.3. The third-order valence-electron chi connectivity index (χ3n) is 5.31. The summed E-state index contributed by atoms with van der Waals surface area (Å²) in [4.78, 5) is 8.94. The second-order valence-electron chi connectivity index (χ2n) is 7.80. The molecule has 0 aromatic heterocycles. The molecule has 1 saturated carbocycles. The molecule has 1 atom stereocenters. The Morgan fingerprint density at radius 1 is 1.22 bits per heavy atom. The predicted octanol–water partition coefficient (Wildman–Crippen LogP) is 0.417. The fourth-order valence-corrected chi connectivity index (χ4v) is 4.54. The summed E-state index contributed by atoms with van der Waals surface area (Å²) in [5.41, 5.74) is 0. The molecular weight excluding hydrogens is 366 g/mol. The highest BCUT2D eigenvalue weighted by Crippen LogP contribution is 2.26. The van der Waals surface area contributed by atoms with Crippen LogP contribution in [0.4, 0.5) is 0 Å². The standard InChI is InChI=1S/C18H37N5O3S/c1-15(2)26-12-13-27(24,25)23-10-8-22(9-11-23)18(19-4)20-14-16(3)21(5)17-6-7-17/h15-17H,6-14H2,1-5H3,(H,19,20). The second kappa shape index (κ2) is 10.0. The Bertz CT molecular complexity index is 584. The number of hydrogen-bond acceptors (Lipinski definition) is 5. The lowest BCUT2D eigenvalue weighted by Gasteiger charge is -2.36. The molecule has 1 unspecified atom stereocenters. The van der Waals surface area contributed by atoms with Crippen molar-refractivity contribution in [2.75, 3.05) is 59.2 Å². The molecule has 9 heteroatoms. The maximum Gasteiger partial charge on any atom is 0.216 e. The van der Waals surface area contributed by atoms with Crippen LogP contribution in [0.15, 0.2) is 4.99 Å². The summed E-state index contributed by atoms with van der Waals surface area (Å²) in [5, 5.41) is 3.45. The molecule has 0 aromatic carbocycles. The van der Waals surface area contributed by atoms with Gasteiger partial charge in [-0.05, 0) is 40.7 Å². The van der Waals surface area contributed by atoms with E-state index in [4.69, 9.17) is 4.74 Å². The lowest BCUT2D eigenvalue weighted by Crippen LogP contribution is -2.55. The van der Waals surface area contributed by atoms with Crippen molar-refractivity contribution in [1.29, 1.82) is 0 Å². The van der Waals surface area contributed by atoms with Crippen molar-refractivity contribution in [3.8, 4) is 0 Å². The van der Waals surface area contributed by atoms with Gasteiger partial charge in [0.05, 0.1) is 18.5 Å². The van der Waals surface area contributed by atoms with Gasteiger partial charge in [-0.15, -0.1) is 0 Å². The number of likely N-dealkylation sites (N-methyl/N-ethyl adjacent to an activating group) is 1. The van der Waals surface area contributed by atoms with Gasteiger partial charge in [0.15, 0.2) is 5.96 Å². The van der Waals surface area contributed by atoms with Crippen LogP contribution >= 0.6 is 0 Å². The topological polar surface area (TPSA) is 77.5 Å². The van der Waals surface area contributed by atoms with Gasteiger partial charge >= 0.3 is 0 Å². The van der Waals surface area contributed by atoms with Gasteiger partial charge in [-0.25, -0.2) is 8.42 Å². The minimum atomic E-state index is -3.26. The van der Waals surface area contributed by atoms with Crippen LogP contribution in [0.1, 0.15) is 33.6 Å². The van der Waals surface area contributed by atoms with E-state index in [2.05, 4.69) is 34.1 Å². The third kappa shape index (κ3) is 6.89. The molecule has 0 bridgehead atoms. The molecule has 1 N–H and O–H groups in total. The molecule has 1 heterocycles. The summed E-state index contributed by atoms with van der Waals surface area (Å²) in [6.07, 6.45) is 2.65. The quantitative estimate of drug-likeness (QED) is 0.444. The van der Waals surface area contributed by atoms with Gasteiger partial charge in [0.25, 0.3) is 0 Å². The molecule has 1 saturated heterocycles. The summed E-state index contributed by atoms with van der Waals surface area (Å²) in [5.74, 6) is 0.898. The zero-order valence-electron chi connectivity index (χ0n) is 17.5. The van der Waals surface area contributed by atoms with Crippen LogP contribution in [0.5, 0.6) is 0 Å². The minimum Gasteiger partial charge on any atom is -0.378 e. The predicted molar refractivity (Wildman–Crippen MR) is 110 cm³/mol. The highest BCUT2D eigenvalue weighted by Gasteiger charge is 2.30. The lowest BCUT2D eigenvalue weighted by molar-refractivity contribution is 0.0904. The Hall–Kier alpha value is -0.900. The highest BCUT2D eigenvalue weighted by molar-refractivity contribution is 7.89. The van der Waals surface area contributed by atoms with Crippen LogP contribution in [0, 0.1) is 0 Å². The summed E-state index contributed by atoms with van der Waals surface area (Å²) in [6, 6.07) is 1.18. The number of nitrogens with zero attached hydrogens (tertiary/aromatic N) is 4. The number of hydrogen-bond donors (Lipinski definition) is 1. The molecular formula is C18H37N5O3S. The minimum absolute atomic E-state index is 0.0448. The smallest absolute Gasteiger partial charge is 0.216 e. The van der Waals surface area contributed by atoms with Crippen LogP contribution < -0.4 is 5.32 Å². The number of nitrogens with one attached hydrogen (secondary N) is 1. The van der Waals surface area contributed by atoms with Gasteiger partial charge in [0.2, 0.25) is 10.0 Å². The van der Waals surface area contributed by atoms with E-state index in [9.17, 15) is 8.42 Å². The van der Waals surface area contributed by atoms with Crippen LogP contribution in [0.3, 0.4) is 0 Å². The summed E-state index contributed by atoms with van der Waals surface area (Å²) < 4.78 is 31.9. The van der Waals surface area contributed by atoms with Crippen molar-refractivity contribution < 1.29 is 13.2 Å². The number of sulfonamides is 1. The van der Waals surface area contributed by atoms with E-state index < -0.39 is 10.0 Å². The van der Waals surface area contributed by atoms with Crippen molar-refractivity contribution in [1.82, 2.24) is 19.4 Å². The fourth-order valence-electron chi connectivity index (χ4n) is 3.25.